The molecule has 1 N–H and O–H groups in total. The Morgan fingerprint density at radius 2 is 2.06 bits per heavy atom. The van der Waals surface area contributed by atoms with Crippen molar-refractivity contribution in [1.82, 2.24) is 4.98 Å². The lowest BCUT2D eigenvalue weighted by atomic mass is 10.0. The van der Waals surface area contributed by atoms with Crippen LogP contribution in [0.15, 0.2) is 6.07 Å². The van der Waals surface area contributed by atoms with Gasteiger partial charge in [-0.2, -0.15) is 13.2 Å². The molecule has 0 spiro atoms. The van der Waals surface area contributed by atoms with Crippen LogP contribution in [-0.2, 0) is 12.6 Å². The molecule has 3 nitrogen and oxygen atoms in total. The smallest absolute Gasteiger partial charge is 0.421 e. The average Bonchev–Trinajstić information content (AvgIpc) is 2.18. The fraction of sp³-hybridized carbons (Fsp3) is 0.545. The summed E-state index contributed by atoms with van der Waals surface area (Å²) in [5.41, 5.74) is -0.120. The molecular weight excluding hydrogens is 235 g/mol. The second-order valence-electron chi connectivity index (χ2n) is 3.84. The normalized spacial score (nSPS) is 13.6. The molecule has 1 aromatic heterocycles. The van der Waals surface area contributed by atoms with E-state index >= 15 is 0 Å². The fourth-order valence-corrected chi connectivity index (χ4v) is 1.51. The lowest BCUT2D eigenvalue weighted by Crippen LogP contribution is -2.13. The molecule has 0 saturated heterocycles. The number of ether oxygens (including phenoxy) is 1. The zero-order valence-corrected chi connectivity index (χ0v) is 9.80. The molecule has 0 aliphatic heterocycles. The highest BCUT2D eigenvalue weighted by atomic mass is 19.4. The molecule has 0 saturated carbocycles. The SMILES string of the molecule is COc1nc(C)c(CC(C)O)cc1C(F)(F)F. The molecule has 1 aromatic rings. The largest absolute Gasteiger partial charge is 0.481 e. The number of aliphatic hydroxyl groups excluding tert-OH is 1. The van der Waals surface area contributed by atoms with Crippen LogP contribution in [0.4, 0.5) is 13.2 Å². The van der Waals surface area contributed by atoms with Gasteiger partial charge in [0.1, 0.15) is 5.56 Å². The molecule has 0 bridgehead atoms. The van der Waals surface area contributed by atoms with Gasteiger partial charge in [0.25, 0.3) is 0 Å². The van der Waals surface area contributed by atoms with E-state index in [9.17, 15) is 18.3 Å². The summed E-state index contributed by atoms with van der Waals surface area (Å²) >= 11 is 0. The highest BCUT2D eigenvalue weighted by Gasteiger charge is 2.36. The number of alkyl halides is 3. The van der Waals surface area contributed by atoms with Crippen molar-refractivity contribution in [2.75, 3.05) is 7.11 Å². The van der Waals surface area contributed by atoms with Gasteiger partial charge in [0.05, 0.1) is 13.2 Å². The van der Waals surface area contributed by atoms with Gasteiger partial charge in [0.15, 0.2) is 0 Å². The van der Waals surface area contributed by atoms with Gasteiger partial charge < -0.3 is 9.84 Å². The number of halogens is 3. The third-order valence-corrected chi connectivity index (χ3v) is 2.30. The molecule has 0 amide bonds. The Balaban J connectivity index is 3.28. The third-order valence-electron chi connectivity index (χ3n) is 2.30. The maximum atomic E-state index is 12.7. The minimum absolute atomic E-state index is 0.131. The molecule has 1 atom stereocenters. The van der Waals surface area contributed by atoms with Crippen molar-refractivity contribution >= 4 is 0 Å². The first-order valence-electron chi connectivity index (χ1n) is 5.05. The summed E-state index contributed by atoms with van der Waals surface area (Å²) in [7, 11) is 1.14. The van der Waals surface area contributed by atoms with Crippen LogP contribution in [0, 0.1) is 6.92 Å². The van der Waals surface area contributed by atoms with Gasteiger partial charge in [-0.25, -0.2) is 4.98 Å². The van der Waals surface area contributed by atoms with E-state index < -0.39 is 23.7 Å². The maximum absolute atomic E-state index is 12.7. The van der Waals surface area contributed by atoms with Crippen LogP contribution in [0.2, 0.25) is 0 Å². The minimum atomic E-state index is -4.51. The van der Waals surface area contributed by atoms with Gasteiger partial charge in [-0.3, -0.25) is 0 Å². The Labute approximate surface area is 97.2 Å². The van der Waals surface area contributed by atoms with Crippen LogP contribution >= 0.6 is 0 Å². The van der Waals surface area contributed by atoms with Crippen molar-refractivity contribution in [2.45, 2.75) is 32.5 Å². The number of rotatable bonds is 3. The summed E-state index contributed by atoms with van der Waals surface area (Å²) in [6, 6.07) is 0.980. The Bertz CT molecular complexity index is 402. The third kappa shape index (κ3) is 3.33. The van der Waals surface area contributed by atoms with Crippen LogP contribution in [0.1, 0.15) is 23.7 Å². The second-order valence-corrected chi connectivity index (χ2v) is 3.84. The maximum Gasteiger partial charge on any atom is 0.421 e. The molecular formula is C11H14F3NO2. The van der Waals surface area contributed by atoms with E-state index in [1.807, 2.05) is 0 Å². The topological polar surface area (TPSA) is 42.4 Å². The van der Waals surface area contributed by atoms with Gasteiger partial charge in [-0.15, -0.1) is 0 Å². The summed E-state index contributed by atoms with van der Waals surface area (Å²) in [4.78, 5) is 3.76. The van der Waals surface area contributed by atoms with Crippen LogP contribution in [0.25, 0.3) is 0 Å². The predicted molar refractivity (Wildman–Crippen MR) is 55.9 cm³/mol. The molecule has 6 heteroatoms. The molecule has 0 aliphatic rings. The number of nitrogens with zero attached hydrogens (tertiary/aromatic N) is 1. The highest BCUT2D eigenvalue weighted by molar-refractivity contribution is 5.36. The average molecular weight is 249 g/mol. The molecule has 17 heavy (non-hydrogen) atoms. The van der Waals surface area contributed by atoms with Gasteiger partial charge in [-0.1, -0.05) is 0 Å². The summed E-state index contributed by atoms with van der Waals surface area (Å²) in [6.07, 6.45) is -5.10. The number of aromatic nitrogens is 1. The molecule has 0 fully saturated rings. The summed E-state index contributed by atoms with van der Waals surface area (Å²) in [6.45, 7) is 3.09. The Kier molecular flexibility index (Phi) is 3.98. The van der Waals surface area contributed by atoms with Gasteiger partial charge in [0, 0.05) is 5.69 Å². The summed E-state index contributed by atoms with van der Waals surface area (Å²) < 4.78 is 42.7. The van der Waals surface area contributed by atoms with E-state index in [0.29, 0.717) is 11.3 Å². The second kappa shape index (κ2) is 4.91. The monoisotopic (exact) mass is 249 g/mol. The number of hydrogen-bond donors (Lipinski definition) is 1. The van der Waals surface area contributed by atoms with Crippen molar-refractivity contribution < 1.29 is 23.0 Å². The fourth-order valence-electron chi connectivity index (χ4n) is 1.51. The van der Waals surface area contributed by atoms with E-state index in [0.717, 1.165) is 13.2 Å². The number of aryl methyl sites for hydroxylation is 1. The molecule has 0 radical (unpaired) electrons. The van der Waals surface area contributed by atoms with Crippen molar-refractivity contribution in [3.05, 3.63) is 22.9 Å². The van der Waals surface area contributed by atoms with Crippen LogP contribution in [0.3, 0.4) is 0 Å². The molecule has 1 rings (SSSR count). The van der Waals surface area contributed by atoms with Crippen molar-refractivity contribution in [1.29, 1.82) is 0 Å². The zero-order valence-electron chi connectivity index (χ0n) is 9.80. The van der Waals surface area contributed by atoms with Crippen molar-refractivity contribution in [3.63, 3.8) is 0 Å². The molecule has 1 unspecified atom stereocenters. The summed E-state index contributed by atoms with van der Waals surface area (Å²) in [5.74, 6) is -0.440. The number of hydrogen-bond acceptors (Lipinski definition) is 3. The molecule has 1 heterocycles. The van der Waals surface area contributed by atoms with Gasteiger partial charge in [0.2, 0.25) is 5.88 Å². The molecule has 96 valence electrons. The Hall–Kier alpha value is -1.30. The minimum Gasteiger partial charge on any atom is -0.481 e. The number of methoxy groups -OCH3 is 1. The highest BCUT2D eigenvalue weighted by Crippen LogP contribution is 2.36. The van der Waals surface area contributed by atoms with E-state index in [-0.39, 0.29) is 6.42 Å². The number of aliphatic hydroxyl groups is 1. The first-order chi connectivity index (χ1) is 7.75. The quantitative estimate of drug-likeness (QED) is 0.894. The van der Waals surface area contributed by atoms with E-state index in [2.05, 4.69) is 9.72 Å². The Morgan fingerprint density at radius 1 is 1.47 bits per heavy atom. The first-order valence-corrected chi connectivity index (χ1v) is 5.05. The molecule has 0 aromatic carbocycles. The van der Waals surface area contributed by atoms with Crippen molar-refractivity contribution in [2.24, 2.45) is 0 Å². The predicted octanol–water partition coefficient (Wildman–Crippen LogP) is 2.34. The number of pyridine rings is 1. The van der Waals surface area contributed by atoms with Crippen LogP contribution in [-0.4, -0.2) is 23.3 Å². The van der Waals surface area contributed by atoms with E-state index in [1.54, 1.807) is 6.92 Å². The van der Waals surface area contributed by atoms with Crippen molar-refractivity contribution in [3.8, 4) is 5.88 Å². The standard InChI is InChI=1S/C11H14F3NO2/c1-6(16)4-8-5-9(11(12,13)14)10(17-3)15-7(8)2/h5-6,16H,4H2,1-3H3. The first kappa shape index (κ1) is 13.8. The van der Waals surface area contributed by atoms with Gasteiger partial charge >= 0.3 is 6.18 Å². The lowest BCUT2D eigenvalue weighted by Gasteiger charge is -2.15. The lowest BCUT2D eigenvalue weighted by molar-refractivity contribution is -0.139. The van der Waals surface area contributed by atoms with Crippen LogP contribution in [0.5, 0.6) is 5.88 Å². The van der Waals surface area contributed by atoms with Crippen LogP contribution < -0.4 is 4.74 Å². The summed E-state index contributed by atoms with van der Waals surface area (Å²) in [5, 5.41) is 9.21. The van der Waals surface area contributed by atoms with E-state index in [1.165, 1.54) is 6.92 Å². The van der Waals surface area contributed by atoms with Gasteiger partial charge in [-0.05, 0) is 31.9 Å². The molecule has 0 aliphatic carbocycles. The zero-order chi connectivity index (χ0) is 13.2. The Morgan fingerprint density at radius 3 is 2.47 bits per heavy atom. The van der Waals surface area contributed by atoms with E-state index in [4.69, 9.17) is 0 Å².